The summed E-state index contributed by atoms with van der Waals surface area (Å²) in [5.74, 6) is 0.766. The van der Waals surface area contributed by atoms with Gasteiger partial charge in [-0.05, 0) is 37.6 Å². The molecule has 11 nitrogen and oxygen atoms in total. The fourth-order valence-corrected chi connectivity index (χ4v) is 3.99. The van der Waals surface area contributed by atoms with Gasteiger partial charge in [0.1, 0.15) is 0 Å². The Kier molecular flexibility index (Phi) is 5.55. The van der Waals surface area contributed by atoms with Crippen molar-refractivity contribution in [2.24, 2.45) is 0 Å². The highest BCUT2D eigenvalue weighted by Crippen LogP contribution is 2.32. The molecule has 0 N–H and O–H groups in total. The van der Waals surface area contributed by atoms with Crippen LogP contribution in [0.15, 0.2) is 24.3 Å². The lowest BCUT2D eigenvalue weighted by Crippen LogP contribution is -2.49. The number of amides is 1. The molecule has 1 fully saturated rings. The Morgan fingerprint density at radius 2 is 1.82 bits per heavy atom. The topological polar surface area (TPSA) is 111 Å². The summed E-state index contributed by atoms with van der Waals surface area (Å²) in [6, 6.07) is 7.77. The molecule has 0 bridgehead atoms. The van der Waals surface area contributed by atoms with Gasteiger partial charge in [0.2, 0.25) is 6.79 Å². The van der Waals surface area contributed by atoms with E-state index in [9.17, 15) is 9.59 Å². The molecule has 5 rings (SSSR count). The van der Waals surface area contributed by atoms with Crippen molar-refractivity contribution in [2.75, 3.05) is 39.6 Å². The average molecular weight is 452 g/mol. The Bertz CT molecular complexity index is 1220. The highest BCUT2D eigenvalue weighted by molar-refractivity contribution is 5.88. The standard InChI is InChI=1S/C22H24N6O5/c1-14-9-15(2)28-22(23-14)24-20(25-28)21(30)31-12-19(29)27-7-5-26(6-8-27)11-16-3-4-17-18(10-16)33-13-32-17/h3-4,9-10H,5-8,11-13H2,1-2H3. The van der Waals surface area contributed by atoms with Crippen molar-refractivity contribution in [2.45, 2.75) is 20.4 Å². The molecule has 11 heteroatoms. The predicted octanol–water partition coefficient (Wildman–Crippen LogP) is 0.971. The van der Waals surface area contributed by atoms with Gasteiger partial charge in [0.05, 0.1) is 0 Å². The second-order valence-electron chi connectivity index (χ2n) is 8.11. The van der Waals surface area contributed by atoms with E-state index < -0.39 is 5.97 Å². The minimum Gasteiger partial charge on any atom is -0.454 e. The van der Waals surface area contributed by atoms with Gasteiger partial charge in [0.25, 0.3) is 17.5 Å². The summed E-state index contributed by atoms with van der Waals surface area (Å²) in [6.07, 6.45) is 0. The molecular weight excluding hydrogens is 428 g/mol. The van der Waals surface area contributed by atoms with E-state index in [1.54, 1.807) is 4.90 Å². The van der Waals surface area contributed by atoms with Crippen molar-refractivity contribution in [3.63, 3.8) is 0 Å². The van der Waals surface area contributed by atoms with Gasteiger partial charge in [-0.15, -0.1) is 5.10 Å². The first-order chi connectivity index (χ1) is 16.0. The Hall–Kier alpha value is -3.73. The van der Waals surface area contributed by atoms with Crippen LogP contribution >= 0.6 is 0 Å². The number of piperazine rings is 1. The van der Waals surface area contributed by atoms with E-state index in [0.29, 0.717) is 18.9 Å². The number of carbonyl (C=O) groups excluding carboxylic acids is 2. The van der Waals surface area contributed by atoms with Gasteiger partial charge in [0, 0.05) is 44.1 Å². The number of rotatable bonds is 5. The maximum Gasteiger partial charge on any atom is 0.378 e. The van der Waals surface area contributed by atoms with E-state index in [-0.39, 0.29) is 25.1 Å². The number of fused-ring (bicyclic) bond motifs is 2. The monoisotopic (exact) mass is 452 g/mol. The summed E-state index contributed by atoms with van der Waals surface area (Å²) in [7, 11) is 0. The van der Waals surface area contributed by atoms with Crippen LogP contribution in [0.3, 0.4) is 0 Å². The lowest BCUT2D eigenvalue weighted by molar-refractivity contribution is -0.136. The largest absolute Gasteiger partial charge is 0.454 e. The molecule has 0 aliphatic carbocycles. The predicted molar refractivity (Wildman–Crippen MR) is 115 cm³/mol. The summed E-state index contributed by atoms with van der Waals surface area (Å²) in [4.78, 5) is 37.2. The molecule has 1 aromatic carbocycles. The first-order valence-corrected chi connectivity index (χ1v) is 10.7. The fourth-order valence-electron chi connectivity index (χ4n) is 3.99. The number of nitrogens with zero attached hydrogens (tertiary/aromatic N) is 6. The molecule has 4 heterocycles. The maximum atomic E-state index is 12.5. The molecule has 0 unspecified atom stereocenters. The van der Waals surface area contributed by atoms with Gasteiger partial charge in [-0.3, -0.25) is 9.69 Å². The van der Waals surface area contributed by atoms with Crippen LogP contribution in [0.25, 0.3) is 5.78 Å². The molecule has 33 heavy (non-hydrogen) atoms. The molecule has 2 aliphatic heterocycles. The average Bonchev–Trinajstić information content (AvgIpc) is 3.44. The highest BCUT2D eigenvalue weighted by Gasteiger charge is 2.24. The van der Waals surface area contributed by atoms with E-state index >= 15 is 0 Å². The third kappa shape index (κ3) is 4.44. The number of aromatic nitrogens is 4. The maximum absolute atomic E-state index is 12.5. The third-order valence-corrected chi connectivity index (χ3v) is 5.70. The number of benzene rings is 1. The molecule has 3 aromatic rings. The molecule has 0 spiro atoms. The van der Waals surface area contributed by atoms with Crippen molar-refractivity contribution in [1.82, 2.24) is 29.4 Å². The molecule has 0 atom stereocenters. The Morgan fingerprint density at radius 1 is 1.03 bits per heavy atom. The van der Waals surface area contributed by atoms with E-state index in [4.69, 9.17) is 14.2 Å². The third-order valence-electron chi connectivity index (χ3n) is 5.70. The van der Waals surface area contributed by atoms with Crippen LogP contribution in [0.5, 0.6) is 11.5 Å². The first kappa shape index (κ1) is 21.1. The van der Waals surface area contributed by atoms with E-state index in [1.807, 2.05) is 38.1 Å². The zero-order valence-electron chi connectivity index (χ0n) is 18.5. The van der Waals surface area contributed by atoms with Gasteiger partial charge in [-0.25, -0.2) is 14.3 Å². The van der Waals surface area contributed by atoms with E-state index in [0.717, 1.165) is 48.1 Å². The number of aryl methyl sites for hydroxylation is 2. The van der Waals surface area contributed by atoms with E-state index in [2.05, 4.69) is 20.0 Å². The van der Waals surface area contributed by atoms with Crippen LogP contribution in [0.4, 0.5) is 0 Å². The Morgan fingerprint density at radius 3 is 2.64 bits per heavy atom. The van der Waals surface area contributed by atoms with Crippen LogP contribution in [-0.2, 0) is 16.1 Å². The normalized spacial score (nSPS) is 15.8. The minimum atomic E-state index is -0.743. The molecule has 2 aromatic heterocycles. The molecule has 172 valence electrons. The molecular formula is C22H24N6O5. The molecule has 0 radical (unpaired) electrons. The van der Waals surface area contributed by atoms with Crippen molar-refractivity contribution in [3.8, 4) is 11.5 Å². The summed E-state index contributed by atoms with van der Waals surface area (Å²) in [5.41, 5.74) is 2.71. The van der Waals surface area contributed by atoms with Crippen LogP contribution in [-0.4, -0.2) is 80.8 Å². The smallest absolute Gasteiger partial charge is 0.378 e. The number of ether oxygens (including phenoxy) is 3. The SMILES string of the molecule is Cc1cc(C)n2nc(C(=O)OCC(=O)N3CCN(Cc4ccc5c(c4)OCO5)CC3)nc2n1. The van der Waals surface area contributed by atoms with Crippen LogP contribution in [0.2, 0.25) is 0 Å². The van der Waals surface area contributed by atoms with E-state index in [1.165, 1.54) is 4.52 Å². The van der Waals surface area contributed by atoms with Crippen molar-refractivity contribution in [3.05, 3.63) is 47.0 Å². The second-order valence-corrected chi connectivity index (χ2v) is 8.11. The summed E-state index contributed by atoms with van der Waals surface area (Å²) >= 11 is 0. The Labute approximate surface area is 189 Å². The number of hydrogen-bond acceptors (Lipinski definition) is 9. The zero-order valence-corrected chi connectivity index (χ0v) is 18.5. The number of esters is 1. The van der Waals surface area contributed by atoms with Gasteiger partial charge >= 0.3 is 5.97 Å². The quantitative estimate of drug-likeness (QED) is 0.523. The summed E-state index contributed by atoms with van der Waals surface area (Å²) < 4.78 is 17.4. The fraction of sp³-hybridized carbons (Fsp3) is 0.409. The molecule has 1 amide bonds. The highest BCUT2D eigenvalue weighted by atomic mass is 16.7. The van der Waals surface area contributed by atoms with Gasteiger partial charge in [-0.2, -0.15) is 4.98 Å². The van der Waals surface area contributed by atoms with Crippen LogP contribution < -0.4 is 9.47 Å². The second kappa shape index (κ2) is 8.66. The van der Waals surface area contributed by atoms with Crippen molar-refractivity contribution < 1.29 is 23.8 Å². The molecule has 1 saturated heterocycles. The zero-order chi connectivity index (χ0) is 22.9. The molecule has 2 aliphatic rings. The van der Waals surface area contributed by atoms with Gasteiger partial charge < -0.3 is 19.1 Å². The summed E-state index contributed by atoms with van der Waals surface area (Å²) in [5, 5.41) is 4.14. The van der Waals surface area contributed by atoms with Crippen molar-refractivity contribution in [1.29, 1.82) is 0 Å². The molecule has 0 saturated carbocycles. The number of carbonyl (C=O) groups is 2. The lowest BCUT2D eigenvalue weighted by atomic mass is 10.1. The Balaban J connectivity index is 1.11. The van der Waals surface area contributed by atoms with Gasteiger partial charge in [-0.1, -0.05) is 6.07 Å². The minimum absolute atomic E-state index is 0.113. The van der Waals surface area contributed by atoms with Crippen LogP contribution in [0.1, 0.15) is 27.6 Å². The lowest BCUT2D eigenvalue weighted by Gasteiger charge is -2.34. The number of hydrogen-bond donors (Lipinski definition) is 0. The van der Waals surface area contributed by atoms with Crippen LogP contribution in [0, 0.1) is 13.8 Å². The van der Waals surface area contributed by atoms with Crippen molar-refractivity contribution >= 4 is 17.7 Å². The summed E-state index contributed by atoms with van der Waals surface area (Å²) in [6.45, 7) is 6.95. The first-order valence-electron chi connectivity index (χ1n) is 10.7. The van der Waals surface area contributed by atoms with Gasteiger partial charge in [0.15, 0.2) is 18.1 Å².